The number of halogens is 3. The van der Waals surface area contributed by atoms with E-state index in [1.807, 2.05) is 19.2 Å². The molecule has 0 unspecified atom stereocenters. The molecule has 1 aliphatic rings. The van der Waals surface area contributed by atoms with Crippen LogP contribution in [0.5, 0.6) is 0 Å². The number of likely N-dealkylation sites (N-methyl/N-ethyl adjacent to an activating group) is 1. The molecule has 1 aliphatic carbocycles. The second-order valence-corrected chi connectivity index (χ2v) is 6.90. The van der Waals surface area contributed by atoms with Gasteiger partial charge >= 0.3 is 6.18 Å². The summed E-state index contributed by atoms with van der Waals surface area (Å²) in [6, 6.07) is 1.83. The number of aromatic nitrogens is 4. The minimum atomic E-state index is -4.50. The number of fused-ring (bicyclic) bond motifs is 1. The van der Waals surface area contributed by atoms with Gasteiger partial charge in [-0.05, 0) is 38.7 Å². The molecule has 0 bridgehead atoms. The molecule has 2 aromatic rings. The SMILES string of the molecule is CCn1ccc(CN(C)C(=O)Cn2nc(C(F)(F)F)c3c2CCCCC3)n1. The quantitative estimate of drug-likeness (QED) is 0.746. The molecule has 148 valence electrons. The van der Waals surface area contributed by atoms with E-state index < -0.39 is 11.9 Å². The lowest BCUT2D eigenvalue weighted by atomic mass is 10.1. The molecule has 2 heterocycles. The van der Waals surface area contributed by atoms with Crippen LogP contribution in [0.1, 0.15) is 48.8 Å². The van der Waals surface area contributed by atoms with Gasteiger partial charge in [-0.2, -0.15) is 23.4 Å². The van der Waals surface area contributed by atoms with Crippen molar-refractivity contribution in [3.63, 3.8) is 0 Å². The number of hydrogen-bond acceptors (Lipinski definition) is 3. The summed E-state index contributed by atoms with van der Waals surface area (Å²) < 4.78 is 43.1. The van der Waals surface area contributed by atoms with Gasteiger partial charge in [0.1, 0.15) is 6.54 Å². The lowest BCUT2D eigenvalue weighted by molar-refractivity contribution is -0.142. The first-order valence-corrected chi connectivity index (χ1v) is 9.21. The largest absolute Gasteiger partial charge is 0.435 e. The second-order valence-electron chi connectivity index (χ2n) is 6.90. The second kappa shape index (κ2) is 7.74. The highest BCUT2D eigenvalue weighted by atomic mass is 19.4. The monoisotopic (exact) mass is 383 g/mol. The van der Waals surface area contributed by atoms with Gasteiger partial charge in [0.2, 0.25) is 5.91 Å². The van der Waals surface area contributed by atoms with Crippen molar-refractivity contribution >= 4 is 5.91 Å². The maximum atomic E-state index is 13.4. The fourth-order valence-corrected chi connectivity index (χ4v) is 3.45. The highest BCUT2D eigenvalue weighted by Crippen LogP contribution is 2.35. The van der Waals surface area contributed by atoms with Crippen LogP contribution >= 0.6 is 0 Å². The molecule has 0 aromatic carbocycles. The molecule has 9 heteroatoms. The Balaban J connectivity index is 1.77. The molecule has 6 nitrogen and oxygen atoms in total. The van der Waals surface area contributed by atoms with E-state index in [0.717, 1.165) is 31.5 Å². The van der Waals surface area contributed by atoms with Crippen LogP contribution < -0.4 is 0 Å². The number of alkyl halides is 3. The third-order valence-corrected chi connectivity index (χ3v) is 4.91. The van der Waals surface area contributed by atoms with Gasteiger partial charge in [0.05, 0.1) is 12.2 Å². The fourth-order valence-electron chi connectivity index (χ4n) is 3.45. The predicted molar refractivity (Wildman–Crippen MR) is 92.9 cm³/mol. The van der Waals surface area contributed by atoms with Crippen molar-refractivity contribution < 1.29 is 18.0 Å². The topological polar surface area (TPSA) is 56.0 Å². The fraction of sp³-hybridized carbons (Fsp3) is 0.611. The number of rotatable bonds is 5. The third kappa shape index (κ3) is 4.33. The van der Waals surface area contributed by atoms with E-state index in [1.54, 1.807) is 11.7 Å². The summed E-state index contributed by atoms with van der Waals surface area (Å²) in [5, 5.41) is 8.10. The average molecular weight is 383 g/mol. The van der Waals surface area contributed by atoms with Crippen LogP contribution in [0, 0.1) is 0 Å². The first kappa shape index (κ1) is 19.4. The number of carbonyl (C=O) groups is 1. The lowest BCUT2D eigenvalue weighted by Gasteiger charge is -2.17. The first-order chi connectivity index (χ1) is 12.8. The van der Waals surface area contributed by atoms with Crippen molar-refractivity contribution in [2.45, 2.75) is 64.8 Å². The summed E-state index contributed by atoms with van der Waals surface area (Å²) in [7, 11) is 1.63. The standard InChI is InChI=1S/C18H24F3N5O/c1-3-25-10-9-13(22-25)11-24(2)16(27)12-26-15-8-6-4-5-7-14(15)17(23-26)18(19,20)21/h9-10H,3-8,11-12H2,1-2H3. The van der Waals surface area contributed by atoms with Crippen LogP contribution in [0.15, 0.2) is 12.3 Å². The zero-order chi connectivity index (χ0) is 19.6. The van der Waals surface area contributed by atoms with E-state index in [2.05, 4.69) is 10.2 Å². The Morgan fingerprint density at radius 2 is 1.96 bits per heavy atom. The number of amides is 1. The Hall–Kier alpha value is -2.32. The molecule has 0 radical (unpaired) electrons. The summed E-state index contributed by atoms with van der Waals surface area (Å²) >= 11 is 0. The summed E-state index contributed by atoms with van der Waals surface area (Å²) in [6.07, 6.45) is 0.640. The zero-order valence-corrected chi connectivity index (χ0v) is 15.6. The van der Waals surface area contributed by atoms with Crippen molar-refractivity contribution in [3.05, 3.63) is 34.9 Å². The number of aryl methyl sites for hydroxylation is 1. The molecular weight excluding hydrogens is 359 g/mol. The molecule has 0 saturated heterocycles. The Bertz CT molecular complexity index is 809. The maximum absolute atomic E-state index is 13.4. The lowest BCUT2D eigenvalue weighted by Crippen LogP contribution is -2.31. The summed E-state index contributed by atoms with van der Waals surface area (Å²) in [5.74, 6) is -0.288. The van der Waals surface area contributed by atoms with Gasteiger partial charge in [-0.25, -0.2) is 0 Å². The molecule has 0 atom stereocenters. The molecule has 0 aliphatic heterocycles. The molecule has 0 saturated carbocycles. The average Bonchev–Trinajstić information content (AvgIpc) is 3.11. The van der Waals surface area contributed by atoms with Gasteiger partial charge < -0.3 is 4.90 Å². The van der Waals surface area contributed by atoms with Gasteiger partial charge in [0.15, 0.2) is 5.69 Å². The van der Waals surface area contributed by atoms with E-state index in [-0.39, 0.29) is 18.0 Å². The smallest absolute Gasteiger partial charge is 0.338 e. The minimum Gasteiger partial charge on any atom is -0.338 e. The van der Waals surface area contributed by atoms with Crippen LogP contribution in [0.2, 0.25) is 0 Å². The van der Waals surface area contributed by atoms with E-state index in [4.69, 9.17) is 0 Å². The summed E-state index contributed by atoms with van der Waals surface area (Å²) in [5.41, 5.74) is 0.716. The molecule has 0 spiro atoms. The van der Waals surface area contributed by atoms with Crippen molar-refractivity contribution in [2.24, 2.45) is 0 Å². The molecule has 0 N–H and O–H groups in total. The maximum Gasteiger partial charge on any atom is 0.435 e. The Kier molecular flexibility index (Phi) is 5.57. The molecule has 1 amide bonds. The van der Waals surface area contributed by atoms with E-state index in [0.29, 0.717) is 25.1 Å². The van der Waals surface area contributed by atoms with Crippen LogP contribution in [0.25, 0.3) is 0 Å². The molecule has 0 fully saturated rings. The number of carbonyl (C=O) groups excluding carboxylic acids is 1. The molecule has 27 heavy (non-hydrogen) atoms. The van der Waals surface area contributed by atoms with E-state index >= 15 is 0 Å². The Morgan fingerprint density at radius 1 is 1.22 bits per heavy atom. The van der Waals surface area contributed by atoms with Crippen molar-refractivity contribution in [3.8, 4) is 0 Å². The Labute approximate surface area is 155 Å². The summed E-state index contributed by atoms with van der Waals surface area (Å²) in [4.78, 5) is 14.0. The van der Waals surface area contributed by atoms with E-state index in [9.17, 15) is 18.0 Å². The highest BCUT2D eigenvalue weighted by molar-refractivity contribution is 5.75. The van der Waals surface area contributed by atoms with Gasteiger partial charge in [0.25, 0.3) is 0 Å². The molecular formula is C18H24F3N5O. The van der Waals surface area contributed by atoms with E-state index in [1.165, 1.54) is 9.58 Å². The van der Waals surface area contributed by atoms with Gasteiger partial charge in [-0.15, -0.1) is 0 Å². The molecule has 2 aromatic heterocycles. The summed E-state index contributed by atoms with van der Waals surface area (Å²) in [6.45, 7) is 2.81. The van der Waals surface area contributed by atoms with Crippen molar-refractivity contribution in [2.75, 3.05) is 7.05 Å². The van der Waals surface area contributed by atoms with Crippen molar-refractivity contribution in [1.82, 2.24) is 24.5 Å². The highest BCUT2D eigenvalue weighted by Gasteiger charge is 2.39. The van der Waals surface area contributed by atoms with Crippen molar-refractivity contribution in [1.29, 1.82) is 0 Å². The minimum absolute atomic E-state index is 0.191. The van der Waals surface area contributed by atoms with Gasteiger partial charge in [-0.1, -0.05) is 6.42 Å². The van der Waals surface area contributed by atoms with Crippen LogP contribution in [-0.2, 0) is 43.4 Å². The third-order valence-electron chi connectivity index (χ3n) is 4.91. The van der Waals surface area contributed by atoms with Gasteiger partial charge in [-0.3, -0.25) is 14.2 Å². The predicted octanol–water partition coefficient (Wildman–Crippen LogP) is 3.05. The van der Waals surface area contributed by atoms with Gasteiger partial charge in [0, 0.05) is 31.0 Å². The van der Waals surface area contributed by atoms with Crippen LogP contribution in [-0.4, -0.2) is 37.4 Å². The molecule has 3 rings (SSSR count). The van der Waals surface area contributed by atoms with Crippen LogP contribution in [0.4, 0.5) is 13.2 Å². The normalized spacial score (nSPS) is 14.7. The van der Waals surface area contributed by atoms with Crippen LogP contribution in [0.3, 0.4) is 0 Å². The zero-order valence-electron chi connectivity index (χ0n) is 15.6. The first-order valence-electron chi connectivity index (χ1n) is 9.21. The Morgan fingerprint density at radius 3 is 2.63 bits per heavy atom. The number of nitrogens with zero attached hydrogens (tertiary/aromatic N) is 5. The number of hydrogen-bond donors (Lipinski definition) is 0.